The number of hydrogen-bond donors (Lipinski definition) is 2. The summed E-state index contributed by atoms with van der Waals surface area (Å²) in [7, 11) is -0.565. The highest BCUT2D eigenvalue weighted by Crippen LogP contribution is 2.28. The number of ether oxygens (including phenoxy) is 1. The van der Waals surface area contributed by atoms with E-state index >= 15 is 0 Å². The van der Waals surface area contributed by atoms with Crippen LogP contribution in [-0.4, -0.2) is 25.3 Å². The molecular weight excluding hydrogens is 292 g/mol. The second-order valence-corrected chi connectivity index (χ2v) is 6.37. The fraction of sp³-hybridized carbons (Fsp3) is 0.308. The van der Waals surface area contributed by atoms with E-state index in [2.05, 4.69) is 9.82 Å². The van der Waals surface area contributed by atoms with E-state index in [0.29, 0.717) is 5.69 Å². The molecule has 0 aliphatic heterocycles. The summed E-state index contributed by atoms with van der Waals surface area (Å²) < 4.78 is 34.1. The van der Waals surface area contributed by atoms with E-state index in [1.165, 1.54) is 13.2 Å². The van der Waals surface area contributed by atoms with Gasteiger partial charge in [0.15, 0.2) is 0 Å². The molecule has 0 atom stereocenters. The molecule has 1 aromatic heterocycles. The Morgan fingerprint density at radius 3 is 2.71 bits per heavy atom. The lowest BCUT2D eigenvalue weighted by atomic mass is 10.2. The number of anilines is 1. The zero-order valence-electron chi connectivity index (χ0n) is 12.1. The molecule has 0 aliphatic carbocycles. The largest absolute Gasteiger partial charge is 0.495 e. The van der Waals surface area contributed by atoms with Crippen LogP contribution in [0.3, 0.4) is 0 Å². The third-order valence-corrected chi connectivity index (χ3v) is 4.63. The van der Waals surface area contributed by atoms with E-state index in [1.807, 2.05) is 0 Å². The Morgan fingerprint density at radius 2 is 2.14 bits per heavy atom. The van der Waals surface area contributed by atoms with Crippen LogP contribution >= 0.6 is 0 Å². The minimum absolute atomic E-state index is 0.0234. The quantitative estimate of drug-likeness (QED) is 0.796. The Hall–Kier alpha value is -2.06. The molecule has 0 amide bonds. The summed E-state index contributed by atoms with van der Waals surface area (Å²) >= 11 is 0. The van der Waals surface area contributed by atoms with Gasteiger partial charge < -0.3 is 10.5 Å². The van der Waals surface area contributed by atoms with Gasteiger partial charge in [0.2, 0.25) is 10.0 Å². The van der Waals surface area contributed by atoms with Crippen molar-refractivity contribution in [2.75, 3.05) is 12.8 Å². The molecule has 0 unspecified atom stereocenters. The third-order valence-electron chi connectivity index (χ3n) is 3.21. The maximum atomic E-state index is 12.4. The van der Waals surface area contributed by atoms with Crippen molar-refractivity contribution in [2.45, 2.75) is 18.4 Å². The van der Waals surface area contributed by atoms with E-state index < -0.39 is 10.0 Å². The summed E-state index contributed by atoms with van der Waals surface area (Å²) in [6.07, 6.45) is 1.61. The summed E-state index contributed by atoms with van der Waals surface area (Å²) in [6, 6.07) is 4.75. The lowest BCUT2D eigenvalue weighted by molar-refractivity contribution is 0.402. The summed E-state index contributed by atoms with van der Waals surface area (Å²) in [5, 5.41) is 3.99. The molecule has 0 saturated heterocycles. The molecule has 0 spiro atoms. The van der Waals surface area contributed by atoms with Crippen molar-refractivity contribution in [3.8, 4) is 5.75 Å². The van der Waals surface area contributed by atoms with Gasteiger partial charge in [-0.05, 0) is 30.7 Å². The van der Waals surface area contributed by atoms with Crippen molar-refractivity contribution in [1.82, 2.24) is 14.5 Å². The van der Waals surface area contributed by atoms with Gasteiger partial charge in [0.25, 0.3) is 0 Å². The number of aromatic nitrogens is 2. The first-order valence-electron chi connectivity index (χ1n) is 6.26. The van der Waals surface area contributed by atoms with Crippen LogP contribution in [0.4, 0.5) is 5.69 Å². The lowest BCUT2D eigenvalue weighted by Gasteiger charge is -2.13. The highest BCUT2D eigenvalue weighted by Gasteiger charge is 2.21. The summed E-state index contributed by atoms with van der Waals surface area (Å²) in [5.41, 5.74) is 7.70. The molecule has 114 valence electrons. The molecule has 1 heterocycles. The van der Waals surface area contributed by atoms with Gasteiger partial charge in [-0.3, -0.25) is 4.68 Å². The summed E-state index contributed by atoms with van der Waals surface area (Å²) in [5.74, 6) is 0.263. The molecule has 8 heteroatoms. The van der Waals surface area contributed by atoms with Crippen LogP contribution in [0.15, 0.2) is 29.3 Å². The van der Waals surface area contributed by atoms with Crippen LogP contribution in [0.2, 0.25) is 0 Å². The topological polar surface area (TPSA) is 99.2 Å². The van der Waals surface area contributed by atoms with E-state index in [4.69, 9.17) is 10.5 Å². The predicted octanol–water partition coefficient (Wildman–Crippen LogP) is 0.798. The fourth-order valence-electron chi connectivity index (χ4n) is 1.87. The zero-order chi connectivity index (χ0) is 15.6. The van der Waals surface area contributed by atoms with E-state index in [9.17, 15) is 8.42 Å². The molecule has 2 aromatic rings. The van der Waals surface area contributed by atoms with E-state index in [-0.39, 0.29) is 17.2 Å². The highest BCUT2D eigenvalue weighted by molar-refractivity contribution is 7.89. The standard InChI is InChI=1S/C13H18N4O3S/c1-9-6-12(20-3)13(7-11(9)14)21(18,19)16-8-10-4-5-15-17(10)2/h4-7,16H,8,14H2,1-3H3. The highest BCUT2D eigenvalue weighted by atomic mass is 32.2. The second kappa shape index (κ2) is 5.74. The van der Waals surface area contributed by atoms with Crippen molar-refractivity contribution in [2.24, 2.45) is 7.05 Å². The first kappa shape index (κ1) is 15.3. The maximum absolute atomic E-state index is 12.4. The molecule has 0 fully saturated rings. The average Bonchev–Trinajstić information content (AvgIpc) is 2.84. The van der Waals surface area contributed by atoms with E-state index in [0.717, 1.165) is 11.3 Å². The lowest BCUT2D eigenvalue weighted by Crippen LogP contribution is -2.25. The number of methoxy groups -OCH3 is 1. The number of nitrogens with one attached hydrogen (secondary N) is 1. The zero-order valence-corrected chi connectivity index (χ0v) is 12.9. The van der Waals surface area contributed by atoms with Gasteiger partial charge in [-0.15, -0.1) is 0 Å². The van der Waals surface area contributed by atoms with Crippen molar-refractivity contribution in [3.63, 3.8) is 0 Å². The van der Waals surface area contributed by atoms with Gasteiger partial charge in [0.05, 0.1) is 19.3 Å². The number of aryl methyl sites for hydroxylation is 2. The van der Waals surface area contributed by atoms with Crippen LogP contribution < -0.4 is 15.2 Å². The second-order valence-electron chi connectivity index (χ2n) is 4.63. The Kier molecular flexibility index (Phi) is 4.19. The van der Waals surface area contributed by atoms with Gasteiger partial charge in [0, 0.05) is 18.9 Å². The Bertz CT molecular complexity index is 753. The number of nitrogens with two attached hydrogens (primary N) is 1. The number of hydrogen-bond acceptors (Lipinski definition) is 5. The van der Waals surface area contributed by atoms with Crippen LogP contribution in [0.25, 0.3) is 0 Å². The van der Waals surface area contributed by atoms with Crippen LogP contribution in [-0.2, 0) is 23.6 Å². The molecule has 2 rings (SSSR count). The molecule has 0 bridgehead atoms. The number of rotatable bonds is 5. The predicted molar refractivity (Wildman–Crippen MR) is 79.4 cm³/mol. The molecular formula is C13H18N4O3S. The van der Waals surface area contributed by atoms with Crippen molar-refractivity contribution >= 4 is 15.7 Å². The first-order chi connectivity index (χ1) is 9.85. The fourth-order valence-corrected chi connectivity index (χ4v) is 3.05. The third kappa shape index (κ3) is 3.17. The molecule has 0 saturated carbocycles. The maximum Gasteiger partial charge on any atom is 0.244 e. The molecule has 3 N–H and O–H groups in total. The van der Waals surface area contributed by atoms with Crippen molar-refractivity contribution in [3.05, 3.63) is 35.7 Å². The molecule has 0 aliphatic rings. The van der Waals surface area contributed by atoms with Gasteiger partial charge in [-0.1, -0.05) is 0 Å². The van der Waals surface area contributed by atoms with Gasteiger partial charge >= 0.3 is 0 Å². The number of nitrogens with zero attached hydrogens (tertiary/aromatic N) is 2. The Morgan fingerprint density at radius 1 is 1.43 bits per heavy atom. The van der Waals surface area contributed by atoms with Gasteiger partial charge in [0.1, 0.15) is 10.6 Å². The monoisotopic (exact) mass is 310 g/mol. The Labute approximate surface area is 123 Å². The minimum Gasteiger partial charge on any atom is -0.495 e. The van der Waals surface area contributed by atoms with Gasteiger partial charge in [-0.2, -0.15) is 5.10 Å². The summed E-state index contributed by atoms with van der Waals surface area (Å²) in [4.78, 5) is 0.0234. The van der Waals surface area contributed by atoms with Crippen LogP contribution in [0.5, 0.6) is 5.75 Å². The normalized spacial score (nSPS) is 11.6. The molecule has 7 nitrogen and oxygen atoms in total. The minimum atomic E-state index is -3.73. The van der Waals surface area contributed by atoms with Crippen molar-refractivity contribution in [1.29, 1.82) is 0 Å². The molecule has 0 radical (unpaired) electrons. The molecule has 1 aromatic carbocycles. The van der Waals surface area contributed by atoms with Crippen LogP contribution in [0.1, 0.15) is 11.3 Å². The SMILES string of the molecule is COc1cc(C)c(N)cc1S(=O)(=O)NCc1ccnn1C. The smallest absolute Gasteiger partial charge is 0.244 e. The number of sulfonamides is 1. The summed E-state index contributed by atoms with van der Waals surface area (Å²) in [6.45, 7) is 1.92. The molecule has 21 heavy (non-hydrogen) atoms. The Balaban J connectivity index is 2.31. The number of benzene rings is 1. The van der Waals surface area contributed by atoms with Crippen LogP contribution in [0, 0.1) is 6.92 Å². The number of nitrogen functional groups attached to an aromatic ring is 1. The first-order valence-corrected chi connectivity index (χ1v) is 7.74. The van der Waals surface area contributed by atoms with Gasteiger partial charge in [-0.25, -0.2) is 13.1 Å². The van der Waals surface area contributed by atoms with Crippen molar-refractivity contribution < 1.29 is 13.2 Å². The average molecular weight is 310 g/mol. The van der Waals surface area contributed by atoms with E-state index in [1.54, 1.807) is 37.0 Å².